The van der Waals surface area contributed by atoms with E-state index in [-0.39, 0.29) is 0 Å². The minimum atomic E-state index is -1.64. The highest BCUT2D eigenvalue weighted by Gasteiger charge is 2.53. The summed E-state index contributed by atoms with van der Waals surface area (Å²) in [7, 11) is 3.82. The van der Waals surface area contributed by atoms with Gasteiger partial charge in [-0.1, -0.05) is 28.6 Å². The summed E-state index contributed by atoms with van der Waals surface area (Å²) >= 11 is 0. The molecule has 0 aliphatic heterocycles. The zero-order chi connectivity index (χ0) is 21.4. The number of imidazole rings is 1. The maximum absolute atomic E-state index is 11.6. The Labute approximate surface area is 174 Å². The minimum Gasteiger partial charge on any atom is -0.456 e. The SMILES string of the molecule is CC1=CC=CC(C)(n2ccnn2)C1(O)Oc1ccc(N=Nc2n(C)cc[n+]2C)cc1. The number of nitrogens with zero attached hydrogens (tertiary/aromatic N) is 7. The van der Waals surface area contributed by atoms with Crippen molar-refractivity contribution in [1.29, 1.82) is 0 Å². The Morgan fingerprint density at radius 1 is 1.17 bits per heavy atom. The quantitative estimate of drug-likeness (QED) is 0.400. The summed E-state index contributed by atoms with van der Waals surface area (Å²) in [4.78, 5) is 0. The van der Waals surface area contributed by atoms with E-state index < -0.39 is 11.3 Å². The number of ether oxygens (including phenoxy) is 1. The average Bonchev–Trinajstić information content (AvgIpc) is 3.37. The first kappa shape index (κ1) is 19.7. The summed E-state index contributed by atoms with van der Waals surface area (Å²) in [5.41, 5.74) is 0.357. The van der Waals surface area contributed by atoms with Gasteiger partial charge in [-0.15, -0.1) is 5.10 Å². The number of aliphatic hydroxyl groups is 1. The molecule has 0 fully saturated rings. The van der Waals surface area contributed by atoms with E-state index in [0.29, 0.717) is 17.0 Å². The largest absolute Gasteiger partial charge is 0.456 e. The first-order chi connectivity index (χ1) is 14.3. The molecule has 30 heavy (non-hydrogen) atoms. The van der Waals surface area contributed by atoms with Crippen LogP contribution in [0.1, 0.15) is 13.8 Å². The van der Waals surface area contributed by atoms with Gasteiger partial charge >= 0.3 is 5.95 Å². The maximum Gasteiger partial charge on any atom is 0.421 e. The van der Waals surface area contributed by atoms with Crippen LogP contribution in [0.15, 0.2) is 83.1 Å². The van der Waals surface area contributed by atoms with Crippen molar-refractivity contribution in [2.75, 3.05) is 0 Å². The first-order valence-corrected chi connectivity index (χ1v) is 9.51. The summed E-state index contributed by atoms with van der Waals surface area (Å²) in [5, 5.41) is 28.1. The van der Waals surface area contributed by atoms with Crippen molar-refractivity contribution < 1.29 is 14.4 Å². The molecule has 2 unspecified atom stereocenters. The lowest BCUT2D eigenvalue weighted by Gasteiger charge is -2.44. The van der Waals surface area contributed by atoms with Gasteiger partial charge in [0.1, 0.15) is 17.0 Å². The van der Waals surface area contributed by atoms with Crippen LogP contribution in [0.25, 0.3) is 0 Å². The van der Waals surface area contributed by atoms with Crippen LogP contribution in [-0.2, 0) is 19.6 Å². The van der Waals surface area contributed by atoms with E-state index in [1.54, 1.807) is 41.3 Å². The third-order valence-electron chi connectivity index (χ3n) is 5.39. The summed E-state index contributed by atoms with van der Waals surface area (Å²) in [5.74, 6) is -0.423. The van der Waals surface area contributed by atoms with Crippen LogP contribution in [0, 0.1) is 0 Å². The standard InChI is InChI=1S/C21H24N7O2/c1-16-6-5-11-20(2,28-13-12-22-25-28)21(16,29)30-18-9-7-17(8-10-18)23-24-19-26(3)14-15-27(19)4/h5-15,29H,1-4H3/q+1. The van der Waals surface area contributed by atoms with Crippen LogP contribution in [0.2, 0.25) is 0 Å². The molecular formula is C21H24N7O2+. The van der Waals surface area contributed by atoms with Crippen molar-refractivity contribution in [2.24, 2.45) is 24.3 Å². The molecule has 2 atom stereocenters. The van der Waals surface area contributed by atoms with Crippen LogP contribution < -0.4 is 9.30 Å². The molecule has 1 N–H and O–H groups in total. The van der Waals surface area contributed by atoms with Crippen molar-refractivity contribution >= 4 is 11.6 Å². The lowest BCUT2D eigenvalue weighted by atomic mass is 9.82. The summed E-state index contributed by atoms with van der Waals surface area (Å²) in [6, 6.07) is 7.08. The fourth-order valence-electron chi connectivity index (χ4n) is 3.45. The molecule has 0 amide bonds. The molecule has 2 heterocycles. The Bertz CT molecular complexity index is 1110. The summed E-state index contributed by atoms with van der Waals surface area (Å²) in [6.45, 7) is 3.66. The van der Waals surface area contributed by atoms with Gasteiger partial charge in [0, 0.05) is 16.9 Å². The van der Waals surface area contributed by atoms with Crippen LogP contribution in [-0.4, -0.2) is 30.5 Å². The molecule has 1 aliphatic rings. The average molecular weight is 406 g/mol. The van der Waals surface area contributed by atoms with E-state index in [0.717, 1.165) is 5.95 Å². The molecule has 0 bridgehead atoms. The molecular weight excluding hydrogens is 382 g/mol. The fraction of sp³-hybridized carbons (Fsp3) is 0.286. The number of rotatable bonds is 5. The monoisotopic (exact) mass is 406 g/mol. The van der Waals surface area contributed by atoms with Gasteiger partial charge in [-0.05, 0) is 38.1 Å². The van der Waals surface area contributed by atoms with E-state index in [1.165, 1.54) is 0 Å². The number of benzene rings is 1. The minimum absolute atomic E-state index is 0.496. The van der Waals surface area contributed by atoms with Gasteiger partial charge < -0.3 is 9.84 Å². The highest BCUT2D eigenvalue weighted by Crippen LogP contribution is 2.41. The van der Waals surface area contributed by atoms with Gasteiger partial charge in [-0.3, -0.25) is 0 Å². The molecule has 3 aromatic rings. The zero-order valence-electron chi connectivity index (χ0n) is 17.3. The van der Waals surface area contributed by atoms with Crippen LogP contribution in [0.5, 0.6) is 5.75 Å². The second-order valence-electron chi connectivity index (χ2n) is 7.46. The van der Waals surface area contributed by atoms with Crippen LogP contribution in [0.4, 0.5) is 11.6 Å². The molecule has 1 aliphatic carbocycles. The van der Waals surface area contributed by atoms with Gasteiger partial charge in [-0.2, -0.15) is 0 Å². The Morgan fingerprint density at radius 2 is 1.93 bits per heavy atom. The van der Waals surface area contributed by atoms with Gasteiger partial charge in [0.05, 0.1) is 32.7 Å². The molecule has 0 spiro atoms. The van der Waals surface area contributed by atoms with Gasteiger partial charge in [0.25, 0.3) is 5.79 Å². The third-order valence-corrected chi connectivity index (χ3v) is 5.39. The Kier molecular flexibility index (Phi) is 4.83. The van der Waals surface area contributed by atoms with Gasteiger partial charge in [0.2, 0.25) is 0 Å². The van der Waals surface area contributed by atoms with Crippen molar-refractivity contribution in [3.05, 3.63) is 72.9 Å². The number of azo groups is 1. The van der Waals surface area contributed by atoms with Gasteiger partial charge in [0.15, 0.2) is 0 Å². The van der Waals surface area contributed by atoms with Crippen LogP contribution >= 0.6 is 0 Å². The van der Waals surface area contributed by atoms with Crippen molar-refractivity contribution in [3.8, 4) is 5.75 Å². The number of hydrogen-bond donors (Lipinski definition) is 1. The van der Waals surface area contributed by atoms with Crippen molar-refractivity contribution in [2.45, 2.75) is 25.2 Å². The molecule has 0 radical (unpaired) electrons. The molecule has 0 saturated carbocycles. The zero-order valence-corrected chi connectivity index (χ0v) is 17.3. The summed E-state index contributed by atoms with van der Waals surface area (Å²) in [6.07, 6.45) is 12.6. The van der Waals surface area contributed by atoms with Gasteiger partial charge in [-0.25, -0.2) is 13.8 Å². The van der Waals surface area contributed by atoms with E-state index >= 15 is 0 Å². The fourth-order valence-corrected chi connectivity index (χ4v) is 3.45. The maximum atomic E-state index is 11.6. The van der Waals surface area contributed by atoms with Crippen molar-refractivity contribution in [3.63, 3.8) is 0 Å². The first-order valence-electron chi connectivity index (χ1n) is 9.51. The molecule has 1 aromatic carbocycles. The predicted octanol–water partition coefficient (Wildman–Crippen LogP) is 2.86. The molecule has 0 saturated heterocycles. The highest BCUT2D eigenvalue weighted by molar-refractivity contribution is 5.42. The molecule has 154 valence electrons. The second-order valence-corrected chi connectivity index (χ2v) is 7.46. The number of aryl methyl sites for hydroxylation is 2. The molecule has 2 aromatic heterocycles. The Morgan fingerprint density at radius 3 is 2.57 bits per heavy atom. The topological polar surface area (TPSA) is 93.7 Å². The molecule has 4 rings (SSSR count). The van der Waals surface area contributed by atoms with E-state index in [4.69, 9.17) is 4.74 Å². The second kappa shape index (κ2) is 7.34. The van der Waals surface area contributed by atoms with E-state index in [1.807, 2.05) is 67.7 Å². The van der Waals surface area contributed by atoms with E-state index in [2.05, 4.69) is 20.5 Å². The normalized spacial score (nSPS) is 23.7. The molecule has 9 heteroatoms. The lowest BCUT2D eigenvalue weighted by molar-refractivity contribution is -0.657. The Hall–Kier alpha value is -3.59. The Balaban J connectivity index is 1.59. The van der Waals surface area contributed by atoms with Crippen molar-refractivity contribution in [1.82, 2.24) is 19.6 Å². The number of aromatic nitrogens is 5. The molecule has 9 nitrogen and oxygen atoms in total. The number of hydrogen-bond acceptors (Lipinski definition) is 6. The highest BCUT2D eigenvalue weighted by atomic mass is 16.6. The lowest BCUT2D eigenvalue weighted by Crippen LogP contribution is -2.58. The number of allylic oxidation sites excluding steroid dienone is 2. The summed E-state index contributed by atoms with van der Waals surface area (Å²) < 4.78 is 11.5. The predicted molar refractivity (Wildman–Crippen MR) is 109 cm³/mol. The third kappa shape index (κ3) is 3.22. The van der Waals surface area contributed by atoms with Crippen LogP contribution in [0.3, 0.4) is 0 Å². The smallest absolute Gasteiger partial charge is 0.421 e. The van der Waals surface area contributed by atoms with E-state index in [9.17, 15) is 5.11 Å².